The topological polar surface area (TPSA) is 12.9 Å². The smallest absolute Gasteiger partial charge is 0.0715 e. The Morgan fingerprint density at radius 2 is 1.39 bits per heavy atom. The lowest BCUT2D eigenvalue weighted by Gasteiger charge is -2.10. The van der Waals surface area contributed by atoms with Crippen molar-refractivity contribution in [3.8, 4) is 22.4 Å². The number of hydrogen-bond donors (Lipinski definition) is 0. The summed E-state index contributed by atoms with van der Waals surface area (Å²) in [5.74, 6) is 0. The van der Waals surface area contributed by atoms with Crippen molar-refractivity contribution in [2.24, 2.45) is 0 Å². The molecule has 0 fully saturated rings. The van der Waals surface area contributed by atoms with Gasteiger partial charge in [0.1, 0.15) is 0 Å². The highest BCUT2D eigenvalue weighted by Crippen LogP contribution is 2.32. The molecule has 0 radical (unpaired) electrons. The Bertz CT molecular complexity index is 977. The number of fused-ring (bicyclic) bond motifs is 1. The van der Waals surface area contributed by atoms with Crippen LogP contribution in [0.3, 0.4) is 0 Å². The molecule has 1 heterocycles. The lowest BCUT2D eigenvalue weighted by Crippen LogP contribution is -1.89. The van der Waals surface area contributed by atoms with Crippen molar-refractivity contribution < 1.29 is 0 Å². The zero-order chi connectivity index (χ0) is 15.6. The van der Waals surface area contributed by atoms with E-state index in [0.29, 0.717) is 0 Å². The van der Waals surface area contributed by atoms with E-state index in [1.165, 1.54) is 0 Å². The quantitative estimate of drug-likeness (QED) is 0.428. The minimum absolute atomic E-state index is 0.740. The van der Waals surface area contributed by atoms with Gasteiger partial charge in [0.2, 0.25) is 0 Å². The highest BCUT2D eigenvalue weighted by atomic mass is 35.5. The summed E-state index contributed by atoms with van der Waals surface area (Å²) in [6.45, 7) is 0. The monoisotopic (exact) mass is 315 g/mol. The maximum Gasteiger partial charge on any atom is 0.0715 e. The summed E-state index contributed by atoms with van der Waals surface area (Å²) in [6, 6.07) is 28.6. The van der Waals surface area contributed by atoms with Gasteiger partial charge in [0.15, 0.2) is 0 Å². The largest absolute Gasteiger partial charge is 0.248 e. The highest BCUT2D eigenvalue weighted by Gasteiger charge is 2.09. The molecule has 3 aromatic carbocycles. The molecule has 0 aliphatic carbocycles. The molecule has 0 saturated heterocycles. The lowest BCUT2D eigenvalue weighted by atomic mass is 9.98. The molecule has 0 N–H and O–H groups in total. The van der Waals surface area contributed by atoms with Gasteiger partial charge in [-0.2, -0.15) is 0 Å². The van der Waals surface area contributed by atoms with Crippen molar-refractivity contribution in [1.29, 1.82) is 0 Å². The molecule has 23 heavy (non-hydrogen) atoms. The molecule has 0 bridgehead atoms. The number of hydrogen-bond acceptors (Lipinski definition) is 1. The van der Waals surface area contributed by atoms with E-state index >= 15 is 0 Å². The molecule has 0 spiro atoms. The average Bonchev–Trinajstić information content (AvgIpc) is 2.61. The molecular formula is C21H14ClN. The average molecular weight is 316 g/mol. The molecular weight excluding hydrogens is 302 g/mol. The Labute approximate surface area is 140 Å². The van der Waals surface area contributed by atoms with E-state index in [1.807, 2.05) is 48.5 Å². The third-order valence-electron chi connectivity index (χ3n) is 3.92. The first kappa shape index (κ1) is 14.0. The van der Waals surface area contributed by atoms with Gasteiger partial charge in [-0.3, -0.25) is 0 Å². The van der Waals surface area contributed by atoms with Gasteiger partial charge >= 0.3 is 0 Å². The number of rotatable bonds is 2. The van der Waals surface area contributed by atoms with Gasteiger partial charge < -0.3 is 0 Å². The number of para-hydroxylation sites is 1. The SMILES string of the molecule is Clc1cccc(-c2cc(-c3ccccc3)nc3ccccc23)c1. The molecule has 0 atom stereocenters. The standard InChI is InChI=1S/C21H14ClN/c22-17-10-6-9-16(13-17)19-14-21(15-7-2-1-3-8-15)23-20-12-5-4-11-18(19)20/h1-14H. The summed E-state index contributed by atoms with van der Waals surface area (Å²) in [4.78, 5) is 4.82. The second-order valence-electron chi connectivity index (χ2n) is 5.45. The first-order valence-corrected chi connectivity index (χ1v) is 7.90. The van der Waals surface area contributed by atoms with Crippen molar-refractivity contribution in [3.05, 3.63) is 90.0 Å². The van der Waals surface area contributed by atoms with Gasteiger partial charge in [0.25, 0.3) is 0 Å². The second-order valence-corrected chi connectivity index (χ2v) is 5.89. The summed E-state index contributed by atoms with van der Waals surface area (Å²) in [5, 5.41) is 1.87. The van der Waals surface area contributed by atoms with Crippen molar-refractivity contribution in [1.82, 2.24) is 4.98 Å². The van der Waals surface area contributed by atoms with E-state index in [9.17, 15) is 0 Å². The fourth-order valence-corrected chi connectivity index (χ4v) is 3.02. The maximum atomic E-state index is 6.19. The van der Waals surface area contributed by atoms with E-state index in [1.54, 1.807) is 0 Å². The lowest BCUT2D eigenvalue weighted by molar-refractivity contribution is 1.40. The van der Waals surface area contributed by atoms with Gasteiger partial charge in [-0.05, 0) is 35.4 Å². The van der Waals surface area contributed by atoms with Crippen molar-refractivity contribution >= 4 is 22.5 Å². The maximum absolute atomic E-state index is 6.19. The third-order valence-corrected chi connectivity index (χ3v) is 4.16. The first-order chi connectivity index (χ1) is 11.3. The van der Waals surface area contributed by atoms with Crippen LogP contribution in [0.15, 0.2) is 84.9 Å². The molecule has 1 aromatic heterocycles. The Hall–Kier alpha value is -2.64. The normalized spacial score (nSPS) is 10.8. The van der Waals surface area contributed by atoms with E-state index in [-0.39, 0.29) is 0 Å². The zero-order valence-electron chi connectivity index (χ0n) is 12.4. The third kappa shape index (κ3) is 2.71. The Balaban J connectivity index is 2.02. The molecule has 110 valence electrons. The van der Waals surface area contributed by atoms with Crippen LogP contribution >= 0.6 is 11.6 Å². The summed E-state index contributed by atoms with van der Waals surface area (Å²) in [7, 11) is 0. The minimum Gasteiger partial charge on any atom is -0.248 e. The number of halogens is 1. The highest BCUT2D eigenvalue weighted by molar-refractivity contribution is 6.30. The minimum atomic E-state index is 0.740. The Kier molecular flexibility index (Phi) is 3.57. The van der Waals surface area contributed by atoms with Crippen molar-refractivity contribution in [2.75, 3.05) is 0 Å². The van der Waals surface area contributed by atoms with Crippen LogP contribution in [0.1, 0.15) is 0 Å². The van der Waals surface area contributed by atoms with Crippen LogP contribution in [0.5, 0.6) is 0 Å². The number of nitrogens with zero attached hydrogens (tertiary/aromatic N) is 1. The van der Waals surface area contributed by atoms with Crippen LogP contribution in [0.2, 0.25) is 5.02 Å². The van der Waals surface area contributed by atoms with Gasteiger partial charge in [0, 0.05) is 16.0 Å². The fraction of sp³-hybridized carbons (Fsp3) is 0. The summed E-state index contributed by atoms with van der Waals surface area (Å²) >= 11 is 6.19. The predicted octanol–water partition coefficient (Wildman–Crippen LogP) is 6.22. The number of benzene rings is 3. The summed E-state index contributed by atoms with van der Waals surface area (Å²) in [6.07, 6.45) is 0. The molecule has 2 heteroatoms. The second kappa shape index (κ2) is 5.86. The Morgan fingerprint density at radius 3 is 2.22 bits per heavy atom. The molecule has 0 aliphatic heterocycles. The van der Waals surface area contributed by atoms with Crippen LogP contribution in [-0.4, -0.2) is 4.98 Å². The van der Waals surface area contributed by atoms with Gasteiger partial charge in [0.05, 0.1) is 11.2 Å². The summed E-state index contributed by atoms with van der Waals surface area (Å²) < 4.78 is 0. The predicted molar refractivity (Wildman–Crippen MR) is 97.6 cm³/mol. The molecule has 4 aromatic rings. The van der Waals surface area contributed by atoms with E-state index in [0.717, 1.165) is 38.3 Å². The molecule has 4 rings (SSSR count). The zero-order valence-corrected chi connectivity index (χ0v) is 13.2. The van der Waals surface area contributed by atoms with Gasteiger partial charge in [-0.25, -0.2) is 4.98 Å². The van der Waals surface area contributed by atoms with Crippen LogP contribution in [0, 0.1) is 0 Å². The van der Waals surface area contributed by atoms with Crippen LogP contribution < -0.4 is 0 Å². The number of aromatic nitrogens is 1. The molecule has 1 nitrogen and oxygen atoms in total. The molecule has 0 saturated carbocycles. The Morgan fingerprint density at radius 1 is 0.652 bits per heavy atom. The van der Waals surface area contributed by atoms with Crippen LogP contribution in [0.4, 0.5) is 0 Å². The van der Waals surface area contributed by atoms with Crippen LogP contribution in [-0.2, 0) is 0 Å². The van der Waals surface area contributed by atoms with E-state index in [2.05, 4.69) is 36.4 Å². The molecule has 0 aliphatic rings. The van der Waals surface area contributed by atoms with Gasteiger partial charge in [-0.1, -0.05) is 72.3 Å². The fourth-order valence-electron chi connectivity index (χ4n) is 2.83. The van der Waals surface area contributed by atoms with E-state index < -0.39 is 0 Å². The van der Waals surface area contributed by atoms with Crippen molar-refractivity contribution in [3.63, 3.8) is 0 Å². The van der Waals surface area contributed by atoms with E-state index in [4.69, 9.17) is 16.6 Å². The first-order valence-electron chi connectivity index (χ1n) is 7.52. The summed E-state index contributed by atoms with van der Waals surface area (Å²) in [5.41, 5.74) is 5.33. The molecule has 0 amide bonds. The number of pyridine rings is 1. The van der Waals surface area contributed by atoms with Crippen LogP contribution in [0.25, 0.3) is 33.3 Å². The van der Waals surface area contributed by atoms with Crippen molar-refractivity contribution in [2.45, 2.75) is 0 Å². The van der Waals surface area contributed by atoms with Gasteiger partial charge in [-0.15, -0.1) is 0 Å². The molecule has 0 unspecified atom stereocenters.